The van der Waals surface area contributed by atoms with E-state index in [2.05, 4.69) is 30.9 Å². The van der Waals surface area contributed by atoms with Gasteiger partial charge < -0.3 is 5.32 Å². The van der Waals surface area contributed by atoms with Crippen LogP contribution < -0.4 is 5.32 Å². The van der Waals surface area contributed by atoms with Gasteiger partial charge in [-0.1, -0.05) is 26.7 Å². The van der Waals surface area contributed by atoms with Gasteiger partial charge in [0.05, 0.1) is 0 Å². The molecule has 1 fully saturated rings. The highest BCUT2D eigenvalue weighted by Crippen LogP contribution is 2.25. The van der Waals surface area contributed by atoms with Crippen LogP contribution in [0.1, 0.15) is 52.4 Å². The molecule has 1 saturated heterocycles. The Bertz CT molecular complexity index is 132. The summed E-state index contributed by atoms with van der Waals surface area (Å²) in [6.45, 7) is 5.82. The molecule has 1 aliphatic rings. The first-order chi connectivity index (χ1) is 6.86. The van der Waals surface area contributed by atoms with Crippen LogP contribution in [0.5, 0.6) is 0 Å². The molecule has 1 aliphatic heterocycles. The SMILES string of the molecule is CCCCC(CC)NCC1CCCS1. The largest absolute Gasteiger partial charge is 0.313 e. The van der Waals surface area contributed by atoms with Crippen molar-refractivity contribution in [3.8, 4) is 0 Å². The van der Waals surface area contributed by atoms with Crippen LogP contribution in [0, 0.1) is 0 Å². The Morgan fingerprint density at radius 2 is 2.29 bits per heavy atom. The van der Waals surface area contributed by atoms with Crippen molar-refractivity contribution in [1.82, 2.24) is 5.32 Å². The summed E-state index contributed by atoms with van der Waals surface area (Å²) in [7, 11) is 0. The maximum atomic E-state index is 3.73. The van der Waals surface area contributed by atoms with Crippen molar-refractivity contribution in [1.29, 1.82) is 0 Å². The first-order valence-electron chi connectivity index (χ1n) is 6.21. The van der Waals surface area contributed by atoms with E-state index in [0.717, 1.165) is 11.3 Å². The highest BCUT2D eigenvalue weighted by Gasteiger charge is 2.16. The summed E-state index contributed by atoms with van der Waals surface area (Å²) in [6.07, 6.45) is 8.23. The molecular weight excluding hydrogens is 190 g/mol. The van der Waals surface area contributed by atoms with Crippen LogP contribution in [-0.4, -0.2) is 23.6 Å². The van der Waals surface area contributed by atoms with Crippen LogP contribution in [0.2, 0.25) is 0 Å². The highest BCUT2D eigenvalue weighted by atomic mass is 32.2. The lowest BCUT2D eigenvalue weighted by molar-refractivity contribution is 0.451. The number of rotatable bonds is 7. The number of hydrogen-bond acceptors (Lipinski definition) is 2. The molecule has 0 amide bonds. The first kappa shape index (κ1) is 12.4. The predicted molar refractivity (Wildman–Crippen MR) is 67.1 cm³/mol. The van der Waals surface area contributed by atoms with Gasteiger partial charge in [0.2, 0.25) is 0 Å². The van der Waals surface area contributed by atoms with E-state index in [0.29, 0.717) is 0 Å². The molecule has 1 N–H and O–H groups in total. The molecule has 0 aliphatic carbocycles. The van der Waals surface area contributed by atoms with Crippen LogP contribution in [-0.2, 0) is 0 Å². The molecule has 14 heavy (non-hydrogen) atoms. The molecule has 0 aromatic heterocycles. The van der Waals surface area contributed by atoms with Crippen molar-refractivity contribution in [2.24, 2.45) is 0 Å². The first-order valence-corrected chi connectivity index (χ1v) is 7.26. The molecule has 84 valence electrons. The Morgan fingerprint density at radius 3 is 2.86 bits per heavy atom. The fourth-order valence-corrected chi connectivity index (χ4v) is 3.22. The van der Waals surface area contributed by atoms with E-state index in [1.807, 2.05) is 0 Å². The molecule has 2 unspecified atom stereocenters. The minimum atomic E-state index is 0.774. The van der Waals surface area contributed by atoms with E-state index in [9.17, 15) is 0 Å². The molecule has 0 aromatic carbocycles. The van der Waals surface area contributed by atoms with Gasteiger partial charge in [0.1, 0.15) is 0 Å². The van der Waals surface area contributed by atoms with E-state index in [1.165, 1.54) is 50.8 Å². The Balaban J connectivity index is 2.06. The van der Waals surface area contributed by atoms with Crippen LogP contribution in [0.3, 0.4) is 0 Å². The molecule has 0 bridgehead atoms. The van der Waals surface area contributed by atoms with Crippen molar-refractivity contribution in [2.45, 2.75) is 63.7 Å². The van der Waals surface area contributed by atoms with Gasteiger partial charge in [0.25, 0.3) is 0 Å². The smallest absolute Gasteiger partial charge is 0.0172 e. The third-order valence-corrected chi connectivity index (χ3v) is 4.46. The van der Waals surface area contributed by atoms with Gasteiger partial charge in [0.15, 0.2) is 0 Å². The average molecular weight is 215 g/mol. The van der Waals surface area contributed by atoms with Crippen molar-refractivity contribution in [2.75, 3.05) is 12.3 Å². The molecule has 1 rings (SSSR count). The second-order valence-corrected chi connectivity index (χ2v) is 5.70. The second kappa shape index (κ2) is 7.58. The van der Waals surface area contributed by atoms with Crippen molar-refractivity contribution in [3.05, 3.63) is 0 Å². The summed E-state index contributed by atoms with van der Waals surface area (Å²) < 4.78 is 0. The highest BCUT2D eigenvalue weighted by molar-refractivity contribution is 8.00. The van der Waals surface area contributed by atoms with E-state index in [4.69, 9.17) is 0 Å². The number of nitrogens with one attached hydrogen (secondary N) is 1. The van der Waals surface area contributed by atoms with Crippen molar-refractivity contribution < 1.29 is 0 Å². The summed E-state index contributed by atoms with van der Waals surface area (Å²) in [5.41, 5.74) is 0. The van der Waals surface area contributed by atoms with Gasteiger partial charge in [-0.2, -0.15) is 11.8 Å². The Hall–Kier alpha value is 0.310. The normalized spacial score (nSPS) is 24.0. The van der Waals surface area contributed by atoms with Gasteiger partial charge in [-0.25, -0.2) is 0 Å². The van der Waals surface area contributed by atoms with Gasteiger partial charge in [-0.05, 0) is 31.4 Å². The third-order valence-electron chi connectivity index (χ3n) is 3.06. The van der Waals surface area contributed by atoms with Crippen LogP contribution in [0.15, 0.2) is 0 Å². The summed E-state index contributed by atoms with van der Waals surface area (Å²) in [6, 6.07) is 0.774. The monoisotopic (exact) mass is 215 g/mol. The molecule has 2 heteroatoms. The zero-order valence-electron chi connectivity index (χ0n) is 9.72. The Kier molecular flexibility index (Phi) is 6.70. The molecule has 1 heterocycles. The topological polar surface area (TPSA) is 12.0 Å². The lowest BCUT2D eigenvalue weighted by Gasteiger charge is -2.18. The van der Waals surface area contributed by atoms with Crippen LogP contribution in [0.4, 0.5) is 0 Å². The van der Waals surface area contributed by atoms with Gasteiger partial charge in [-0.3, -0.25) is 0 Å². The Morgan fingerprint density at radius 1 is 1.43 bits per heavy atom. The fraction of sp³-hybridized carbons (Fsp3) is 1.00. The summed E-state index contributed by atoms with van der Waals surface area (Å²) in [4.78, 5) is 0. The zero-order valence-corrected chi connectivity index (χ0v) is 10.5. The average Bonchev–Trinajstić information content (AvgIpc) is 2.71. The summed E-state index contributed by atoms with van der Waals surface area (Å²) in [5.74, 6) is 1.39. The number of thioether (sulfide) groups is 1. The maximum absolute atomic E-state index is 3.73. The molecule has 0 radical (unpaired) electrons. The summed E-state index contributed by atoms with van der Waals surface area (Å²) in [5, 5.41) is 4.63. The molecule has 0 saturated carbocycles. The van der Waals surface area contributed by atoms with E-state index < -0.39 is 0 Å². The quantitative estimate of drug-likeness (QED) is 0.698. The number of hydrogen-bond donors (Lipinski definition) is 1. The number of unbranched alkanes of at least 4 members (excludes halogenated alkanes) is 1. The van der Waals surface area contributed by atoms with Gasteiger partial charge in [-0.15, -0.1) is 0 Å². The second-order valence-electron chi connectivity index (χ2n) is 4.29. The summed E-state index contributed by atoms with van der Waals surface area (Å²) >= 11 is 2.16. The molecule has 0 spiro atoms. The van der Waals surface area contributed by atoms with Gasteiger partial charge in [0, 0.05) is 17.8 Å². The van der Waals surface area contributed by atoms with E-state index >= 15 is 0 Å². The minimum Gasteiger partial charge on any atom is -0.313 e. The lowest BCUT2D eigenvalue weighted by atomic mass is 10.1. The minimum absolute atomic E-state index is 0.774. The van der Waals surface area contributed by atoms with Crippen molar-refractivity contribution >= 4 is 11.8 Å². The standard InChI is InChI=1S/C12H25NS/c1-3-5-7-11(4-2)13-10-12-8-6-9-14-12/h11-13H,3-10H2,1-2H3. The molecular formula is C12H25NS. The Labute approximate surface area is 93.4 Å². The molecule has 1 nitrogen and oxygen atoms in total. The van der Waals surface area contributed by atoms with Gasteiger partial charge >= 0.3 is 0 Å². The van der Waals surface area contributed by atoms with Crippen LogP contribution in [0.25, 0.3) is 0 Å². The fourth-order valence-electron chi connectivity index (χ4n) is 2.00. The molecule has 2 atom stereocenters. The third kappa shape index (κ3) is 4.70. The van der Waals surface area contributed by atoms with Crippen LogP contribution >= 0.6 is 11.8 Å². The zero-order chi connectivity index (χ0) is 10.2. The predicted octanol–water partition coefficient (Wildman–Crippen LogP) is 3.44. The van der Waals surface area contributed by atoms with E-state index in [-0.39, 0.29) is 0 Å². The maximum Gasteiger partial charge on any atom is 0.0172 e. The van der Waals surface area contributed by atoms with Crippen molar-refractivity contribution in [3.63, 3.8) is 0 Å². The van der Waals surface area contributed by atoms with E-state index in [1.54, 1.807) is 0 Å². The molecule has 0 aromatic rings. The lowest BCUT2D eigenvalue weighted by Crippen LogP contribution is -2.33.